The van der Waals surface area contributed by atoms with E-state index < -0.39 is 6.10 Å². The number of hydrogen-bond acceptors (Lipinski definition) is 5. The van der Waals surface area contributed by atoms with E-state index in [-0.39, 0.29) is 47.6 Å². The Kier molecular flexibility index (Phi) is 9.11. The third-order valence-electron chi connectivity index (χ3n) is 7.47. The summed E-state index contributed by atoms with van der Waals surface area (Å²) < 4.78 is 43.2. The van der Waals surface area contributed by atoms with E-state index in [0.29, 0.717) is 18.8 Å². The van der Waals surface area contributed by atoms with E-state index in [4.69, 9.17) is 14.2 Å². The number of hydrogen-bond donors (Lipinski definition) is 1. The number of esters is 1. The predicted octanol–water partition coefficient (Wildman–Crippen LogP) is 5.52. The quantitative estimate of drug-likeness (QED) is 0.230. The molecular formula is C30H34F2O5. The molecule has 2 aromatic carbocycles. The van der Waals surface area contributed by atoms with E-state index in [9.17, 15) is 18.7 Å². The zero-order chi connectivity index (χ0) is 26.3. The van der Waals surface area contributed by atoms with Gasteiger partial charge in [-0.3, -0.25) is 4.79 Å². The van der Waals surface area contributed by atoms with E-state index in [1.807, 2.05) is 18.2 Å². The fourth-order valence-electron chi connectivity index (χ4n) is 5.56. The smallest absolute Gasteiger partial charge is 0.305 e. The molecule has 0 unspecified atom stereocenters. The maximum Gasteiger partial charge on any atom is 0.305 e. The molecule has 2 aliphatic rings. The van der Waals surface area contributed by atoms with E-state index in [1.54, 1.807) is 6.08 Å². The second kappa shape index (κ2) is 12.5. The molecule has 2 bridgehead atoms. The molecule has 0 amide bonds. The fraction of sp³-hybridized carbons (Fsp3) is 0.433. The molecule has 0 spiro atoms. The largest absolute Gasteiger partial charge is 0.491 e. The number of fused-ring (bicyclic) bond motifs is 2. The summed E-state index contributed by atoms with van der Waals surface area (Å²) in [6, 6.07) is 12.4. The fourth-order valence-corrected chi connectivity index (χ4v) is 5.56. The summed E-state index contributed by atoms with van der Waals surface area (Å²) in [7, 11) is 1.39. The number of rotatable bonds is 12. The van der Waals surface area contributed by atoms with Crippen molar-refractivity contribution in [2.45, 2.75) is 49.7 Å². The Balaban J connectivity index is 1.44. The summed E-state index contributed by atoms with van der Waals surface area (Å²) in [5.74, 6) is -0.0585. The van der Waals surface area contributed by atoms with Gasteiger partial charge in [0.2, 0.25) is 0 Å². The van der Waals surface area contributed by atoms with Gasteiger partial charge in [0.25, 0.3) is 0 Å². The van der Waals surface area contributed by atoms with Crippen LogP contribution in [-0.2, 0) is 19.7 Å². The van der Waals surface area contributed by atoms with Crippen LogP contribution in [0.3, 0.4) is 0 Å². The normalized spacial score (nSPS) is 25.7. The summed E-state index contributed by atoms with van der Waals surface area (Å²) in [5, 5.41) is 10.5. The van der Waals surface area contributed by atoms with Crippen molar-refractivity contribution in [3.05, 3.63) is 90.0 Å². The maximum atomic E-state index is 13.7. The average molecular weight is 513 g/mol. The molecule has 198 valence electrons. The SMILES string of the molecule is COC(=O)CCCC=CC[C@H]1[C@H](C=C[C@@H](O)COc2ccc(F)cc2)[C@@H]2C[C@@]1(c1ccc(F)cc1)CO2. The second-order valence-electron chi connectivity index (χ2n) is 9.79. The van der Waals surface area contributed by atoms with Crippen LogP contribution in [0, 0.1) is 23.5 Å². The number of carbonyl (C=O) groups is 1. The molecule has 5 nitrogen and oxygen atoms in total. The Hall–Kier alpha value is -3.03. The minimum absolute atomic E-state index is 0.00393. The van der Waals surface area contributed by atoms with E-state index in [2.05, 4.69) is 12.2 Å². The van der Waals surface area contributed by atoms with Gasteiger partial charge in [-0.1, -0.05) is 36.4 Å². The molecule has 2 fully saturated rings. The van der Waals surface area contributed by atoms with Crippen LogP contribution in [0.2, 0.25) is 0 Å². The van der Waals surface area contributed by atoms with Crippen LogP contribution < -0.4 is 4.74 Å². The lowest BCUT2D eigenvalue weighted by Gasteiger charge is -2.38. The summed E-state index contributed by atoms with van der Waals surface area (Å²) >= 11 is 0. The van der Waals surface area contributed by atoms with E-state index in [1.165, 1.54) is 43.5 Å². The molecule has 1 aliphatic carbocycles. The van der Waals surface area contributed by atoms with Gasteiger partial charge in [-0.25, -0.2) is 8.78 Å². The summed E-state index contributed by atoms with van der Waals surface area (Å²) in [5.41, 5.74) is 0.829. The maximum absolute atomic E-state index is 13.7. The van der Waals surface area contributed by atoms with Crippen molar-refractivity contribution in [1.82, 2.24) is 0 Å². The van der Waals surface area contributed by atoms with Gasteiger partial charge >= 0.3 is 5.97 Å². The Morgan fingerprint density at radius 1 is 1.14 bits per heavy atom. The van der Waals surface area contributed by atoms with Crippen molar-refractivity contribution in [3.63, 3.8) is 0 Å². The number of benzene rings is 2. The molecule has 0 radical (unpaired) electrons. The van der Waals surface area contributed by atoms with Crippen LogP contribution >= 0.6 is 0 Å². The van der Waals surface area contributed by atoms with Crippen LogP contribution in [0.5, 0.6) is 5.75 Å². The van der Waals surface area contributed by atoms with Crippen LogP contribution in [0.1, 0.15) is 37.7 Å². The van der Waals surface area contributed by atoms with Gasteiger partial charge in [0, 0.05) is 17.8 Å². The summed E-state index contributed by atoms with van der Waals surface area (Å²) in [4.78, 5) is 11.3. The Morgan fingerprint density at radius 3 is 2.54 bits per heavy atom. The molecule has 4 rings (SSSR count). The summed E-state index contributed by atoms with van der Waals surface area (Å²) in [6.07, 6.45) is 10.7. The third-order valence-corrected chi connectivity index (χ3v) is 7.47. The van der Waals surface area contributed by atoms with Crippen molar-refractivity contribution in [1.29, 1.82) is 0 Å². The Bertz CT molecular complexity index is 1080. The number of aliphatic hydroxyl groups excluding tert-OH is 1. The highest BCUT2D eigenvalue weighted by molar-refractivity contribution is 5.69. The van der Waals surface area contributed by atoms with Crippen molar-refractivity contribution < 1.29 is 32.9 Å². The first kappa shape index (κ1) is 27.0. The summed E-state index contributed by atoms with van der Waals surface area (Å²) in [6.45, 7) is 0.624. The zero-order valence-corrected chi connectivity index (χ0v) is 21.0. The minimum atomic E-state index is -0.833. The molecule has 7 heteroatoms. The van der Waals surface area contributed by atoms with Crippen molar-refractivity contribution in [3.8, 4) is 5.75 Å². The number of unbranched alkanes of at least 4 members (excludes halogenated alkanes) is 1. The highest BCUT2D eigenvalue weighted by atomic mass is 19.1. The number of ether oxygens (including phenoxy) is 3. The molecule has 1 saturated heterocycles. The molecule has 1 N–H and O–H groups in total. The Labute approximate surface area is 216 Å². The molecule has 37 heavy (non-hydrogen) atoms. The highest BCUT2D eigenvalue weighted by Gasteiger charge is 2.58. The number of carbonyl (C=O) groups excluding carboxylic acids is 1. The van der Waals surface area contributed by atoms with E-state index in [0.717, 1.165) is 31.2 Å². The van der Waals surface area contributed by atoms with Crippen LogP contribution in [0.25, 0.3) is 0 Å². The number of halogens is 2. The van der Waals surface area contributed by atoms with Gasteiger partial charge in [0.1, 0.15) is 30.1 Å². The molecule has 2 aromatic rings. The lowest BCUT2D eigenvalue weighted by molar-refractivity contribution is -0.140. The van der Waals surface area contributed by atoms with Gasteiger partial charge < -0.3 is 19.3 Å². The first-order chi connectivity index (χ1) is 17.9. The zero-order valence-electron chi connectivity index (χ0n) is 21.0. The van der Waals surface area contributed by atoms with Crippen LogP contribution in [-0.4, -0.2) is 43.6 Å². The van der Waals surface area contributed by atoms with Gasteiger partial charge in [0.05, 0.1) is 19.8 Å². The van der Waals surface area contributed by atoms with Crippen LogP contribution in [0.15, 0.2) is 72.8 Å². The molecule has 0 aromatic heterocycles. The highest BCUT2D eigenvalue weighted by Crippen LogP contribution is 2.57. The van der Waals surface area contributed by atoms with Crippen molar-refractivity contribution in [2.24, 2.45) is 11.8 Å². The lowest BCUT2D eigenvalue weighted by Crippen LogP contribution is -2.39. The standard InChI is InChI=1S/C30H34F2O5/c1-35-29(34)7-5-3-2-4-6-27-26(17-14-24(33)19-36-25-15-12-23(32)13-16-25)28-18-30(27,20-37-28)21-8-10-22(31)11-9-21/h2,4,8-17,24,26-28,33H,3,5-7,18-20H2,1H3/t24-,26+,27+,28+,30+/m1/s1. The molecule has 1 aliphatic heterocycles. The monoisotopic (exact) mass is 512 g/mol. The van der Waals surface area contributed by atoms with Crippen LogP contribution in [0.4, 0.5) is 8.78 Å². The molecule has 1 heterocycles. The van der Waals surface area contributed by atoms with Crippen molar-refractivity contribution >= 4 is 5.97 Å². The second-order valence-corrected chi connectivity index (χ2v) is 9.79. The molecular weight excluding hydrogens is 478 g/mol. The van der Waals surface area contributed by atoms with Gasteiger partial charge in [0.15, 0.2) is 0 Å². The average Bonchev–Trinajstić information content (AvgIpc) is 3.47. The van der Waals surface area contributed by atoms with Gasteiger partial charge in [-0.05, 0) is 73.6 Å². The van der Waals surface area contributed by atoms with E-state index >= 15 is 0 Å². The number of aliphatic hydroxyl groups is 1. The lowest BCUT2D eigenvalue weighted by atomic mass is 9.69. The number of methoxy groups -OCH3 is 1. The van der Waals surface area contributed by atoms with Gasteiger partial charge in [-0.2, -0.15) is 0 Å². The number of allylic oxidation sites excluding steroid dienone is 2. The first-order valence-corrected chi connectivity index (χ1v) is 12.8. The topological polar surface area (TPSA) is 65.0 Å². The first-order valence-electron chi connectivity index (χ1n) is 12.8. The third kappa shape index (κ3) is 6.65. The van der Waals surface area contributed by atoms with Gasteiger partial charge in [-0.15, -0.1) is 0 Å². The Morgan fingerprint density at radius 2 is 1.84 bits per heavy atom. The van der Waals surface area contributed by atoms with Crippen molar-refractivity contribution in [2.75, 3.05) is 20.3 Å². The molecule has 1 saturated carbocycles. The minimum Gasteiger partial charge on any atom is -0.491 e. The molecule has 5 atom stereocenters. The predicted molar refractivity (Wildman–Crippen MR) is 136 cm³/mol.